The van der Waals surface area contributed by atoms with Gasteiger partial charge in [-0.1, -0.05) is 0 Å². The van der Waals surface area contributed by atoms with Crippen molar-refractivity contribution in [2.45, 2.75) is 13.0 Å². The molecule has 0 aliphatic heterocycles. The molecule has 19 heavy (non-hydrogen) atoms. The van der Waals surface area contributed by atoms with E-state index in [0.29, 0.717) is 19.1 Å². The van der Waals surface area contributed by atoms with E-state index in [-0.39, 0.29) is 6.04 Å². The summed E-state index contributed by atoms with van der Waals surface area (Å²) in [5.74, 6) is 1.48. The average molecular weight is 262 g/mol. The lowest BCUT2D eigenvalue weighted by Gasteiger charge is -2.13. The van der Waals surface area contributed by atoms with Crippen molar-refractivity contribution in [2.24, 2.45) is 0 Å². The van der Waals surface area contributed by atoms with Crippen LogP contribution >= 0.6 is 0 Å². The Balaban J connectivity index is 1.88. The van der Waals surface area contributed by atoms with Gasteiger partial charge in [0.25, 0.3) is 0 Å². The standard InChI is InChI=1S/C14H18N2O3/c1-11(13-4-3-7-18-13)16-12-5-6-14(15-10-12)19-9-8-17-2/h3-7,10-11,16H,8-9H2,1-2H3. The van der Waals surface area contributed by atoms with Crippen LogP contribution in [-0.2, 0) is 4.74 Å². The first-order valence-electron chi connectivity index (χ1n) is 6.17. The molecule has 2 heterocycles. The van der Waals surface area contributed by atoms with Crippen LogP contribution in [0.3, 0.4) is 0 Å². The third-order valence-electron chi connectivity index (χ3n) is 2.63. The van der Waals surface area contributed by atoms with Crippen LogP contribution in [0.25, 0.3) is 0 Å². The Hall–Kier alpha value is -2.01. The van der Waals surface area contributed by atoms with E-state index in [1.54, 1.807) is 19.6 Å². The summed E-state index contributed by atoms with van der Waals surface area (Å²) in [6.45, 7) is 3.08. The minimum absolute atomic E-state index is 0.0945. The number of ether oxygens (including phenoxy) is 2. The molecule has 2 aromatic heterocycles. The number of aromatic nitrogens is 1. The van der Waals surface area contributed by atoms with Crippen LogP contribution < -0.4 is 10.1 Å². The Bertz CT molecular complexity index is 468. The Labute approximate surface area is 112 Å². The van der Waals surface area contributed by atoms with Crippen molar-refractivity contribution in [1.29, 1.82) is 0 Å². The Morgan fingerprint density at radius 1 is 1.32 bits per heavy atom. The van der Waals surface area contributed by atoms with Gasteiger partial charge in [0.2, 0.25) is 5.88 Å². The van der Waals surface area contributed by atoms with Crippen molar-refractivity contribution in [3.63, 3.8) is 0 Å². The minimum atomic E-state index is 0.0945. The van der Waals surface area contributed by atoms with E-state index in [2.05, 4.69) is 10.3 Å². The molecule has 0 spiro atoms. The van der Waals surface area contributed by atoms with Gasteiger partial charge in [-0.2, -0.15) is 0 Å². The zero-order valence-electron chi connectivity index (χ0n) is 11.1. The highest BCUT2D eigenvalue weighted by Gasteiger charge is 2.07. The molecule has 0 aromatic carbocycles. The Morgan fingerprint density at radius 3 is 2.84 bits per heavy atom. The molecule has 0 amide bonds. The number of hydrogen-bond donors (Lipinski definition) is 1. The first kappa shape index (κ1) is 13.4. The van der Waals surface area contributed by atoms with Gasteiger partial charge in [-0.3, -0.25) is 0 Å². The Kier molecular flexibility index (Phi) is 4.80. The second kappa shape index (κ2) is 6.80. The molecule has 2 rings (SSSR count). The summed E-state index contributed by atoms with van der Waals surface area (Å²) < 4.78 is 15.6. The van der Waals surface area contributed by atoms with E-state index in [1.807, 2.05) is 31.2 Å². The molecule has 2 aromatic rings. The van der Waals surface area contributed by atoms with Gasteiger partial charge in [-0.15, -0.1) is 0 Å². The summed E-state index contributed by atoms with van der Waals surface area (Å²) >= 11 is 0. The lowest BCUT2D eigenvalue weighted by atomic mass is 10.2. The second-order valence-corrected chi connectivity index (χ2v) is 4.11. The third-order valence-corrected chi connectivity index (χ3v) is 2.63. The van der Waals surface area contributed by atoms with Gasteiger partial charge >= 0.3 is 0 Å². The number of nitrogens with zero attached hydrogens (tertiary/aromatic N) is 1. The SMILES string of the molecule is COCCOc1ccc(NC(C)c2ccco2)cn1. The molecule has 1 N–H and O–H groups in total. The molecule has 5 nitrogen and oxygen atoms in total. The third kappa shape index (κ3) is 3.99. The molecule has 1 unspecified atom stereocenters. The summed E-state index contributed by atoms with van der Waals surface area (Å²) in [5, 5.41) is 3.30. The zero-order valence-corrected chi connectivity index (χ0v) is 11.1. The monoisotopic (exact) mass is 262 g/mol. The summed E-state index contributed by atoms with van der Waals surface area (Å²) in [6, 6.07) is 7.66. The van der Waals surface area contributed by atoms with Gasteiger partial charge in [0.1, 0.15) is 12.4 Å². The number of rotatable bonds is 7. The smallest absolute Gasteiger partial charge is 0.213 e. The molecule has 5 heteroatoms. The molecule has 0 aliphatic carbocycles. The van der Waals surface area contributed by atoms with Crippen molar-refractivity contribution in [1.82, 2.24) is 4.98 Å². The molecule has 102 valence electrons. The van der Waals surface area contributed by atoms with Crippen LogP contribution in [0.1, 0.15) is 18.7 Å². The van der Waals surface area contributed by atoms with E-state index in [1.165, 1.54) is 0 Å². The van der Waals surface area contributed by atoms with Crippen molar-refractivity contribution in [3.8, 4) is 5.88 Å². The largest absolute Gasteiger partial charge is 0.475 e. The predicted octanol–water partition coefficient (Wildman–Crippen LogP) is 2.87. The van der Waals surface area contributed by atoms with Gasteiger partial charge in [0, 0.05) is 13.2 Å². The number of nitrogens with one attached hydrogen (secondary N) is 1. The number of methoxy groups -OCH3 is 1. The first-order valence-corrected chi connectivity index (χ1v) is 6.17. The Morgan fingerprint density at radius 2 is 2.21 bits per heavy atom. The van der Waals surface area contributed by atoms with Crippen molar-refractivity contribution in [3.05, 3.63) is 42.5 Å². The quantitative estimate of drug-likeness (QED) is 0.777. The molecule has 1 atom stereocenters. The fraction of sp³-hybridized carbons (Fsp3) is 0.357. The number of hydrogen-bond acceptors (Lipinski definition) is 5. The average Bonchev–Trinajstić information content (AvgIpc) is 2.95. The number of anilines is 1. The summed E-state index contributed by atoms with van der Waals surface area (Å²) in [4.78, 5) is 4.21. The highest BCUT2D eigenvalue weighted by molar-refractivity contribution is 5.43. The summed E-state index contributed by atoms with van der Waals surface area (Å²) in [6.07, 6.45) is 3.40. The zero-order chi connectivity index (χ0) is 13.5. The normalized spacial score (nSPS) is 12.1. The lowest BCUT2D eigenvalue weighted by molar-refractivity contribution is 0.144. The van der Waals surface area contributed by atoms with Crippen LogP contribution in [-0.4, -0.2) is 25.3 Å². The highest BCUT2D eigenvalue weighted by atomic mass is 16.5. The second-order valence-electron chi connectivity index (χ2n) is 4.11. The topological polar surface area (TPSA) is 56.5 Å². The molecule has 0 saturated heterocycles. The maximum atomic E-state index is 5.40. The van der Waals surface area contributed by atoms with E-state index in [9.17, 15) is 0 Å². The van der Waals surface area contributed by atoms with Gasteiger partial charge in [-0.05, 0) is 25.1 Å². The maximum absolute atomic E-state index is 5.40. The minimum Gasteiger partial charge on any atom is -0.475 e. The lowest BCUT2D eigenvalue weighted by Crippen LogP contribution is -2.07. The molecule has 0 radical (unpaired) electrons. The van der Waals surface area contributed by atoms with Crippen molar-refractivity contribution < 1.29 is 13.9 Å². The van der Waals surface area contributed by atoms with Crippen molar-refractivity contribution >= 4 is 5.69 Å². The van der Waals surface area contributed by atoms with Crippen molar-refractivity contribution in [2.75, 3.05) is 25.6 Å². The molecular weight excluding hydrogens is 244 g/mol. The van der Waals surface area contributed by atoms with Gasteiger partial charge in [0.15, 0.2) is 0 Å². The van der Waals surface area contributed by atoms with Gasteiger partial charge < -0.3 is 19.2 Å². The molecule has 0 bridgehead atoms. The molecule has 0 aliphatic rings. The van der Waals surface area contributed by atoms with E-state index >= 15 is 0 Å². The van der Waals surface area contributed by atoms with Gasteiger partial charge in [0.05, 0.1) is 30.8 Å². The highest BCUT2D eigenvalue weighted by Crippen LogP contribution is 2.20. The fourth-order valence-electron chi connectivity index (χ4n) is 1.64. The van der Waals surface area contributed by atoms with Gasteiger partial charge in [-0.25, -0.2) is 4.98 Å². The summed E-state index contributed by atoms with van der Waals surface area (Å²) in [5.41, 5.74) is 0.919. The van der Waals surface area contributed by atoms with E-state index in [4.69, 9.17) is 13.9 Å². The molecular formula is C14H18N2O3. The van der Waals surface area contributed by atoms with Crippen LogP contribution in [0.5, 0.6) is 5.88 Å². The molecule has 0 saturated carbocycles. The number of furan rings is 1. The van der Waals surface area contributed by atoms with E-state index < -0.39 is 0 Å². The predicted molar refractivity (Wildman–Crippen MR) is 72.4 cm³/mol. The van der Waals surface area contributed by atoms with Crippen LogP contribution in [0.15, 0.2) is 41.1 Å². The maximum Gasteiger partial charge on any atom is 0.213 e. The molecule has 0 fully saturated rings. The van der Waals surface area contributed by atoms with Crippen LogP contribution in [0, 0.1) is 0 Å². The van der Waals surface area contributed by atoms with Crippen LogP contribution in [0.4, 0.5) is 5.69 Å². The number of pyridine rings is 1. The van der Waals surface area contributed by atoms with E-state index in [0.717, 1.165) is 11.4 Å². The first-order chi connectivity index (χ1) is 9.29. The summed E-state index contributed by atoms with van der Waals surface area (Å²) in [7, 11) is 1.64. The van der Waals surface area contributed by atoms with Crippen LogP contribution in [0.2, 0.25) is 0 Å². The fourth-order valence-corrected chi connectivity index (χ4v) is 1.64.